The van der Waals surface area contributed by atoms with Gasteiger partial charge in [0.05, 0.1) is 32.6 Å². The molecule has 1 aliphatic rings. The van der Waals surface area contributed by atoms with Crippen molar-refractivity contribution in [3.63, 3.8) is 0 Å². The number of esters is 1. The number of nitrogens with zero attached hydrogens (tertiary/aromatic N) is 2. The van der Waals surface area contributed by atoms with Crippen LogP contribution in [0.5, 0.6) is 0 Å². The third kappa shape index (κ3) is 29.3. The number of hydrogen-bond acceptors (Lipinski definition) is 20. The quantitative estimate of drug-likeness (QED) is 0.0402. The van der Waals surface area contributed by atoms with Crippen LogP contribution >= 0.6 is 0 Å². The second-order valence-corrected chi connectivity index (χ2v) is 28.0. The van der Waals surface area contributed by atoms with Crippen molar-refractivity contribution in [1.82, 2.24) is 68.0 Å². The third-order valence-electron chi connectivity index (χ3n) is 17.9. The van der Waals surface area contributed by atoms with Crippen molar-refractivity contribution in [2.45, 2.75) is 211 Å². The highest BCUT2D eigenvalue weighted by molar-refractivity contribution is 6.00. The van der Waals surface area contributed by atoms with Gasteiger partial charge in [-0.1, -0.05) is 96.5 Å². The highest BCUT2D eigenvalue weighted by Gasteiger charge is 2.40. The maximum atomic E-state index is 14.9. The Morgan fingerprint density at radius 2 is 1.08 bits per heavy atom. The number of fused-ring (bicyclic) bond motifs is 1. The Kier molecular flexibility index (Phi) is 37.3. The van der Waals surface area contributed by atoms with Gasteiger partial charge < -0.3 is 105 Å². The molecular formula is C72H110N16O19. The van der Waals surface area contributed by atoms with Gasteiger partial charge in [-0.25, -0.2) is 4.79 Å². The topological polar surface area (TPSA) is 547 Å². The summed E-state index contributed by atoms with van der Waals surface area (Å²) >= 11 is 0. The summed E-state index contributed by atoms with van der Waals surface area (Å²) in [6, 6.07) is -2.14. The Hall–Kier alpha value is -10.1. The van der Waals surface area contributed by atoms with E-state index in [2.05, 4.69) is 58.2 Å². The fourth-order valence-corrected chi connectivity index (χ4v) is 12.0. The fourth-order valence-electron chi connectivity index (χ4n) is 12.0. The van der Waals surface area contributed by atoms with E-state index in [1.807, 2.05) is 13.8 Å². The van der Waals surface area contributed by atoms with Crippen LogP contribution in [0.3, 0.4) is 0 Å². The first-order valence-electron chi connectivity index (χ1n) is 36.1. The molecule has 592 valence electrons. The lowest BCUT2D eigenvalue weighted by molar-refractivity contribution is -0.162. The summed E-state index contributed by atoms with van der Waals surface area (Å²) in [6.45, 7) is 8.78. The van der Waals surface area contributed by atoms with E-state index in [1.54, 1.807) is 88.5 Å². The zero-order valence-electron chi connectivity index (χ0n) is 62.4. The lowest BCUT2D eigenvalue weighted by Crippen LogP contribution is -2.60. The Balaban J connectivity index is 1.86. The van der Waals surface area contributed by atoms with Crippen molar-refractivity contribution >= 4 is 99.6 Å². The second kappa shape index (κ2) is 44.7. The van der Waals surface area contributed by atoms with Gasteiger partial charge in [0.15, 0.2) is 0 Å². The van der Waals surface area contributed by atoms with E-state index in [-0.39, 0.29) is 76.3 Å². The van der Waals surface area contributed by atoms with Crippen LogP contribution in [0.2, 0.25) is 0 Å². The largest absolute Gasteiger partial charge is 0.481 e. The molecule has 2 aromatic carbocycles. The van der Waals surface area contributed by atoms with E-state index in [4.69, 9.17) is 21.9 Å². The zero-order chi connectivity index (χ0) is 79.8. The predicted octanol–water partition coefficient (Wildman–Crippen LogP) is -2.85. The molecule has 35 nitrogen and oxygen atoms in total. The Labute approximate surface area is 621 Å². The van der Waals surface area contributed by atoms with Crippen LogP contribution in [0.25, 0.3) is 10.9 Å². The molecule has 0 aliphatic carbocycles. The summed E-state index contributed by atoms with van der Waals surface area (Å²) in [5.74, 6) is -16.5. The maximum absolute atomic E-state index is 14.9. The number of aliphatic hydroxyl groups is 2. The fraction of sp³-hybridized carbons (Fsp3) is 0.597. The summed E-state index contributed by atoms with van der Waals surface area (Å²) in [6.07, 6.45) is -1.75. The number of aliphatic carboxylic acids is 1. The number of carbonyl (C=O) groups excluding carboxylic acids is 14. The SMILES string of the molecule is CC(C)CCC[C@@H]1CC(=O)N[C@@H](CO)C(=O)N[C@H](CC(N)=O)C(=O)N[C@@H](CO)C(=O)NCC(=O)N(C)[C@H](Cc2ccccc2)C(=O)N[C@@H](CC(C)C)C(=O)N[C@H](CCCN)C(=O)N[C@@H](CCC(=O)O)C(=O)N[C@H](C)C(=O)N[C@H](Cc2c[nH]c3ccccc23)C(=O)N[C@H](CCCN)C(=O)N(C)[C@@H](C(C)C)C(=O)O1. The van der Waals surface area contributed by atoms with Gasteiger partial charge in [0.25, 0.3) is 0 Å². The number of rotatable bonds is 24. The highest BCUT2D eigenvalue weighted by atomic mass is 16.5. The van der Waals surface area contributed by atoms with Gasteiger partial charge in [0, 0.05) is 50.5 Å². The molecule has 3 aromatic rings. The molecule has 1 fully saturated rings. The van der Waals surface area contributed by atoms with E-state index < -0.39 is 213 Å². The number of ether oxygens (including phenoxy) is 1. The van der Waals surface area contributed by atoms with Crippen molar-refractivity contribution in [3.8, 4) is 0 Å². The van der Waals surface area contributed by atoms with Crippen LogP contribution in [0.4, 0.5) is 0 Å². The van der Waals surface area contributed by atoms with Crippen molar-refractivity contribution in [2.24, 2.45) is 35.0 Å². The Morgan fingerprint density at radius 3 is 1.68 bits per heavy atom. The van der Waals surface area contributed by atoms with E-state index >= 15 is 0 Å². The maximum Gasteiger partial charge on any atom is 0.329 e. The average Bonchev–Trinajstić information content (AvgIpc) is 1.77. The van der Waals surface area contributed by atoms with Crippen molar-refractivity contribution in [1.29, 1.82) is 0 Å². The minimum absolute atomic E-state index is 0.000396. The molecule has 0 radical (unpaired) electrons. The first-order valence-corrected chi connectivity index (χ1v) is 36.1. The number of carboxylic acids is 1. The molecule has 4 rings (SSSR count). The van der Waals surface area contributed by atoms with Crippen LogP contribution in [-0.4, -0.2) is 238 Å². The van der Waals surface area contributed by atoms with Crippen molar-refractivity contribution in [2.75, 3.05) is 46.9 Å². The van der Waals surface area contributed by atoms with Crippen LogP contribution < -0.4 is 70.4 Å². The number of hydrogen-bond donors (Lipinski definition) is 17. The number of nitrogens with one attached hydrogen (secondary N) is 11. The van der Waals surface area contributed by atoms with Crippen LogP contribution in [0.1, 0.15) is 137 Å². The van der Waals surface area contributed by atoms with E-state index in [9.17, 15) is 87.2 Å². The second-order valence-electron chi connectivity index (χ2n) is 28.0. The normalized spacial score (nSPS) is 24.4. The molecule has 12 atom stereocenters. The number of H-pyrrole nitrogens is 1. The highest BCUT2D eigenvalue weighted by Crippen LogP contribution is 2.23. The van der Waals surface area contributed by atoms with Gasteiger partial charge in [-0.05, 0) is 106 Å². The number of primary amides is 1. The minimum Gasteiger partial charge on any atom is -0.481 e. The summed E-state index contributed by atoms with van der Waals surface area (Å²) in [4.78, 5) is 216. The van der Waals surface area contributed by atoms with E-state index in [0.717, 1.165) is 9.80 Å². The van der Waals surface area contributed by atoms with Gasteiger partial charge in [-0.15, -0.1) is 0 Å². The molecule has 1 aliphatic heterocycles. The lowest BCUT2D eigenvalue weighted by atomic mass is 9.99. The molecule has 0 unspecified atom stereocenters. The van der Waals surface area contributed by atoms with Gasteiger partial charge in [0.1, 0.15) is 72.6 Å². The molecule has 20 N–H and O–H groups in total. The molecule has 107 heavy (non-hydrogen) atoms. The predicted molar refractivity (Wildman–Crippen MR) is 390 cm³/mol. The summed E-state index contributed by atoms with van der Waals surface area (Å²) in [5.41, 5.74) is 19.1. The molecule has 0 saturated carbocycles. The number of aliphatic hydroxyl groups excluding tert-OH is 2. The molecule has 13 amide bonds. The Morgan fingerprint density at radius 1 is 0.561 bits per heavy atom. The number of likely N-dealkylation sites (N-methyl/N-ethyl adjacent to an activating group) is 2. The van der Waals surface area contributed by atoms with Gasteiger partial charge >= 0.3 is 11.9 Å². The molecule has 0 spiro atoms. The first-order chi connectivity index (χ1) is 50.6. The number of amides is 13. The van der Waals surface area contributed by atoms with Gasteiger partial charge in [-0.2, -0.15) is 0 Å². The number of benzene rings is 2. The van der Waals surface area contributed by atoms with Gasteiger partial charge in [0.2, 0.25) is 76.8 Å². The molecule has 2 heterocycles. The summed E-state index contributed by atoms with van der Waals surface area (Å²) in [5, 5.41) is 56.1. The summed E-state index contributed by atoms with van der Waals surface area (Å²) in [7, 11) is 2.54. The number of aromatic amines is 1. The first kappa shape index (κ1) is 89.3. The van der Waals surface area contributed by atoms with Crippen LogP contribution in [0.15, 0.2) is 60.8 Å². The third-order valence-corrected chi connectivity index (χ3v) is 17.9. The average molecular weight is 1500 g/mol. The lowest BCUT2D eigenvalue weighted by Gasteiger charge is -2.34. The standard InChI is InChI=1S/C72H110N16O19/c1-39(2)18-15-21-45-33-58(92)79-55(38-90)69(103)84-53(34-57(75)91)68(102)86-54(37-89)63(97)77-36-59(93)87(8)56(31-43-19-11-10-12-20-43)70(104)85-51(30-40(3)4)66(100)80-48(24-16-28-73)65(99)81-49(26-27-60(94)95)64(98)78-42(7)62(96)83-52(32-44-35-76-47-23-14-13-22-46(44)47)67(101)82-50(25-17-29-74)71(105)88(9)61(41(5)6)72(106)107-45/h10-14,19-20,22-23,35,39-42,45,48-56,61,76,89-90H,15-18,21,24-34,36-38,73-74H2,1-9H3,(H2,75,91)(H,77,97)(H,78,98)(H,79,92)(H,80,100)(H,81,99)(H,82,101)(H,83,96)(H,84,103)(H,85,104)(H,86,102)(H,94,95)/t42-,45-,48-,49+,50-,51+,52-,53-,54+,55+,56-,61+/m1/s1. The number of para-hydroxylation sites is 1. The number of carbonyl (C=O) groups is 15. The molecule has 35 heteroatoms. The van der Waals surface area contributed by atoms with Crippen molar-refractivity contribution < 1.29 is 92.0 Å². The van der Waals surface area contributed by atoms with Gasteiger partial charge in [-0.3, -0.25) is 67.1 Å². The number of carboxylic acid groups (broad SMARTS) is 1. The van der Waals surface area contributed by atoms with Crippen LogP contribution in [0, 0.1) is 17.8 Å². The number of aromatic nitrogens is 1. The molecular weight excluding hydrogens is 1390 g/mol. The zero-order valence-corrected chi connectivity index (χ0v) is 62.4. The Bertz CT molecular complexity index is 3540. The summed E-state index contributed by atoms with van der Waals surface area (Å²) < 4.78 is 6.04. The van der Waals surface area contributed by atoms with Crippen molar-refractivity contribution in [3.05, 3.63) is 71.9 Å². The van der Waals surface area contributed by atoms with Crippen LogP contribution in [-0.2, 0) is 89.5 Å². The number of cyclic esters (lactones) is 1. The number of nitrogens with two attached hydrogens (primary N) is 3. The van der Waals surface area contributed by atoms with E-state index in [0.29, 0.717) is 34.9 Å². The molecule has 0 bridgehead atoms. The monoisotopic (exact) mass is 1500 g/mol. The minimum atomic E-state index is -1.92. The smallest absolute Gasteiger partial charge is 0.329 e. The van der Waals surface area contributed by atoms with E-state index in [1.165, 1.54) is 21.0 Å². The molecule has 1 aromatic heterocycles. The molecule has 1 saturated heterocycles.